The van der Waals surface area contributed by atoms with E-state index in [2.05, 4.69) is 20.9 Å². The number of nitrogens with zero attached hydrogens (tertiary/aromatic N) is 1. The van der Waals surface area contributed by atoms with Crippen LogP contribution in [0.5, 0.6) is 0 Å². The van der Waals surface area contributed by atoms with Gasteiger partial charge in [-0.15, -0.1) is 11.8 Å². The lowest BCUT2D eigenvalue weighted by molar-refractivity contribution is -0.336. The van der Waals surface area contributed by atoms with Crippen molar-refractivity contribution in [3.63, 3.8) is 0 Å². The van der Waals surface area contributed by atoms with Crippen molar-refractivity contribution in [1.29, 1.82) is 0 Å². The Bertz CT molecular complexity index is 325. The molecule has 0 aliphatic rings. The molecule has 90 valence electrons. The summed E-state index contributed by atoms with van der Waals surface area (Å²) in [6, 6.07) is 1.98. The monoisotopic (exact) mass is 307 g/mol. The molecule has 0 saturated heterocycles. The molecular formula is C10H14BrNO3S. The predicted octanol–water partition coefficient (Wildman–Crippen LogP) is 2.53. The summed E-state index contributed by atoms with van der Waals surface area (Å²) >= 11 is 4.91. The van der Waals surface area contributed by atoms with Crippen LogP contribution in [0.4, 0.5) is 0 Å². The zero-order valence-corrected chi connectivity index (χ0v) is 11.8. The summed E-state index contributed by atoms with van der Waals surface area (Å²) in [7, 11) is 4.64. The Morgan fingerprint density at radius 1 is 1.25 bits per heavy atom. The van der Waals surface area contributed by atoms with E-state index in [1.54, 1.807) is 45.5 Å². The maximum atomic E-state index is 5.19. The largest absolute Gasteiger partial charge is 0.330 e. The topological polar surface area (TPSA) is 40.6 Å². The summed E-state index contributed by atoms with van der Waals surface area (Å²) in [5.74, 6) is -0.485. The van der Waals surface area contributed by atoms with Gasteiger partial charge >= 0.3 is 0 Å². The molecule has 0 atom stereocenters. The first-order chi connectivity index (χ1) is 7.65. The zero-order chi connectivity index (χ0) is 12.0. The van der Waals surface area contributed by atoms with Crippen LogP contribution in [0.2, 0.25) is 0 Å². The second kappa shape index (κ2) is 6.56. The van der Waals surface area contributed by atoms with Gasteiger partial charge in [0.05, 0.1) is 5.75 Å². The van der Waals surface area contributed by atoms with Gasteiger partial charge < -0.3 is 14.2 Å². The molecule has 1 aromatic rings. The smallest absolute Gasteiger partial charge is 0.292 e. The van der Waals surface area contributed by atoms with Crippen molar-refractivity contribution in [3.05, 3.63) is 22.9 Å². The SMILES string of the molecule is COC(CSc1cncc(Br)c1)(OC)OC. The number of ether oxygens (including phenoxy) is 3. The van der Waals surface area contributed by atoms with Crippen LogP contribution in [0.15, 0.2) is 27.8 Å². The molecule has 0 spiro atoms. The molecule has 0 aliphatic heterocycles. The van der Waals surface area contributed by atoms with Gasteiger partial charge in [0.1, 0.15) is 0 Å². The number of rotatable bonds is 6. The van der Waals surface area contributed by atoms with E-state index in [4.69, 9.17) is 14.2 Å². The summed E-state index contributed by atoms with van der Waals surface area (Å²) in [6.07, 6.45) is 3.52. The molecule has 6 heteroatoms. The number of halogens is 1. The van der Waals surface area contributed by atoms with Gasteiger partial charge in [0, 0.05) is 43.1 Å². The van der Waals surface area contributed by atoms with E-state index in [9.17, 15) is 0 Å². The minimum atomic E-state index is -1.01. The highest BCUT2D eigenvalue weighted by Gasteiger charge is 2.29. The van der Waals surface area contributed by atoms with Crippen molar-refractivity contribution in [2.75, 3.05) is 27.1 Å². The van der Waals surface area contributed by atoms with E-state index in [-0.39, 0.29) is 0 Å². The third-order valence-electron chi connectivity index (χ3n) is 2.03. The first-order valence-corrected chi connectivity index (χ1v) is 6.32. The lowest BCUT2D eigenvalue weighted by Gasteiger charge is -2.28. The van der Waals surface area contributed by atoms with Crippen molar-refractivity contribution in [1.82, 2.24) is 4.98 Å². The molecule has 16 heavy (non-hydrogen) atoms. The molecular weight excluding hydrogens is 294 g/mol. The number of hydrogen-bond acceptors (Lipinski definition) is 5. The molecule has 0 fully saturated rings. The predicted molar refractivity (Wildman–Crippen MR) is 66.4 cm³/mol. The van der Waals surface area contributed by atoms with Gasteiger partial charge in [0.2, 0.25) is 0 Å². The Morgan fingerprint density at radius 3 is 2.38 bits per heavy atom. The number of hydrogen-bond donors (Lipinski definition) is 0. The van der Waals surface area contributed by atoms with Crippen molar-refractivity contribution < 1.29 is 14.2 Å². The Balaban J connectivity index is 2.62. The minimum absolute atomic E-state index is 0.522. The van der Waals surface area contributed by atoms with Crippen LogP contribution in [-0.2, 0) is 14.2 Å². The lowest BCUT2D eigenvalue weighted by atomic mass is 10.5. The van der Waals surface area contributed by atoms with Gasteiger partial charge in [0.25, 0.3) is 5.97 Å². The van der Waals surface area contributed by atoms with Gasteiger partial charge in [-0.1, -0.05) is 0 Å². The minimum Gasteiger partial charge on any atom is -0.330 e. The van der Waals surface area contributed by atoms with Gasteiger partial charge in [-0.05, 0) is 22.0 Å². The van der Waals surface area contributed by atoms with Crippen LogP contribution in [-0.4, -0.2) is 38.0 Å². The van der Waals surface area contributed by atoms with Crippen LogP contribution in [0, 0.1) is 0 Å². The molecule has 4 nitrogen and oxygen atoms in total. The molecule has 1 heterocycles. The van der Waals surface area contributed by atoms with Crippen molar-refractivity contribution >= 4 is 27.7 Å². The van der Waals surface area contributed by atoms with E-state index in [0.29, 0.717) is 5.75 Å². The number of aromatic nitrogens is 1. The van der Waals surface area contributed by atoms with E-state index in [1.807, 2.05) is 6.07 Å². The van der Waals surface area contributed by atoms with Crippen LogP contribution < -0.4 is 0 Å². The highest BCUT2D eigenvalue weighted by Crippen LogP contribution is 2.26. The fraction of sp³-hybridized carbons (Fsp3) is 0.500. The van der Waals surface area contributed by atoms with E-state index in [0.717, 1.165) is 9.37 Å². The maximum Gasteiger partial charge on any atom is 0.292 e. The molecule has 0 aromatic carbocycles. The fourth-order valence-corrected chi connectivity index (χ4v) is 2.63. The lowest BCUT2D eigenvalue weighted by Crippen LogP contribution is -2.38. The van der Waals surface area contributed by atoms with E-state index < -0.39 is 5.97 Å². The number of pyridine rings is 1. The Morgan fingerprint density at radius 2 is 1.88 bits per heavy atom. The number of methoxy groups -OCH3 is 3. The summed E-state index contributed by atoms with van der Waals surface area (Å²) in [6.45, 7) is 0. The third kappa shape index (κ3) is 3.71. The maximum absolute atomic E-state index is 5.19. The molecule has 0 amide bonds. The average molecular weight is 308 g/mol. The van der Waals surface area contributed by atoms with Gasteiger partial charge in [-0.3, -0.25) is 4.98 Å². The van der Waals surface area contributed by atoms with Gasteiger partial charge in [-0.2, -0.15) is 0 Å². The molecule has 0 saturated carbocycles. The zero-order valence-electron chi connectivity index (χ0n) is 9.40. The highest BCUT2D eigenvalue weighted by molar-refractivity contribution is 9.10. The Hall–Kier alpha value is -0.140. The average Bonchev–Trinajstić information content (AvgIpc) is 2.32. The highest BCUT2D eigenvalue weighted by atomic mass is 79.9. The standard InChI is InChI=1S/C10H14BrNO3S/c1-13-10(14-2,15-3)7-16-9-4-8(11)5-12-6-9/h4-6H,7H2,1-3H3. The molecule has 0 N–H and O–H groups in total. The second-order valence-corrected chi connectivity index (χ2v) is 4.89. The molecule has 0 bridgehead atoms. The quantitative estimate of drug-likeness (QED) is 0.596. The van der Waals surface area contributed by atoms with E-state index in [1.165, 1.54) is 0 Å². The fourth-order valence-electron chi connectivity index (χ4n) is 1.07. The summed E-state index contributed by atoms with van der Waals surface area (Å²) in [4.78, 5) is 5.09. The van der Waals surface area contributed by atoms with Crippen molar-refractivity contribution in [2.45, 2.75) is 10.9 Å². The molecule has 0 radical (unpaired) electrons. The first kappa shape index (κ1) is 13.9. The van der Waals surface area contributed by atoms with Crippen molar-refractivity contribution in [3.8, 4) is 0 Å². The van der Waals surface area contributed by atoms with Gasteiger partial charge in [0.15, 0.2) is 0 Å². The van der Waals surface area contributed by atoms with Crippen LogP contribution in [0.25, 0.3) is 0 Å². The van der Waals surface area contributed by atoms with Crippen molar-refractivity contribution in [2.24, 2.45) is 0 Å². The third-order valence-corrected chi connectivity index (χ3v) is 3.52. The first-order valence-electron chi connectivity index (χ1n) is 4.54. The van der Waals surface area contributed by atoms with E-state index >= 15 is 0 Å². The Labute approximate surface area is 108 Å². The molecule has 0 unspecified atom stereocenters. The van der Waals surface area contributed by atoms with Gasteiger partial charge in [-0.25, -0.2) is 0 Å². The van der Waals surface area contributed by atoms with Crippen LogP contribution in [0.3, 0.4) is 0 Å². The Kier molecular flexibility index (Phi) is 5.71. The number of thioether (sulfide) groups is 1. The molecule has 1 aromatic heterocycles. The summed E-state index contributed by atoms with van der Waals surface area (Å²) in [5.41, 5.74) is 0. The molecule has 0 aliphatic carbocycles. The summed E-state index contributed by atoms with van der Waals surface area (Å²) < 4.78 is 16.5. The normalized spacial score (nSPS) is 11.8. The molecule has 1 rings (SSSR count). The summed E-state index contributed by atoms with van der Waals surface area (Å²) in [5, 5.41) is 0. The second-order valence-electron chi connectivity index (χ2n) is 2.92. The van der Waals surface area contributed by atoms with Crippen LogP contribution in [0.1, 0.15) is 0 Å². The van der Waals surface area contributed by atoms with Crippen LogP contribution >= 0.6 is 27.7 Å².